The summed E-state index contributed by atoms with van der Waals surface area (Å²) in [6.45, 7) is 6.18. The minimum atomic E-state index is -4.45. The Bertz CT molecular complexity index is 469. The van der Waals surface area contributed by atoms with Gasteiger partial charge in [-0.1, -0.05) is 45.1 Å². The van der Waals surface area contributed by atoms with Gasteiger partial charge in [-0.05, 0) is 19.8 Å². The average Bonchev–Trinajstić information content (AvgIpc) is 2.45. The lowest BCUT2D eigenvalue weighted by molar-refractivity contribution is -0.873. The summed E-state index contributed by atoms with van der Waals surface area (Å²) in [5.74, 6) is -0.328. The molecule has 26 heavy (non-hydrogen) atoms. The number of hydrogen-bond acceptors (Lipinski definition) is 4. The standard InChI is InChI=1S/C18H36NO6P/c1-16(2)18(20)24-14-12-10-8-6-7-9-11-13-17(15-19(3,4)5)25-26(21,22)23/h17H,1,6-15H2,2-5H3,(H-,21,22,23)/p+1. The molecule has 7 nitrogen and oxygen atoms in total. The van der Waals surface area contributed by atoms with Crippen LogP contribution in [0.3, 0.4) is 0 Å². The number of carbonyl (C=O) groups excluding carboxylic acids is 1. The lowest BCUT2D eigenvalue weighted by Crippen LogP contribution is -2.42. The highest BCUT2D eigenvalue weighted by Crippen LogP contribution is 2.39. The lowest BCUT2D eigenvalue weighted by Gasteiger charge is -2.29. The van der Waals surface area contributed by atoms with Crippen LogP contribution in [0.1, 0.15) is 58.3 Å². The molecule has 0 aromatic carbocycles. The van der Waals surface area contributed by atoms with E-state index in [0.29, 0.717) is 29.6 Å². The summed E-state index contributed by atoms with van der Waals surface area (Å²) in [6.07, 6.45) is 7.29. The van der Waals surface area contributed by atoms with Crippen molar-refractivity contribution in [3.63, 3.8) is 0 Å². The molecule has 0 spiro atoms. The second-order valence-electron chi connectivity index (χ2n) is 7.87. The van der Waals surface area contributed by atoms with E-state index in [1.807, 2.05) is 21.1 Å². The second kappa shape index (κ2) is 12.6. The van der Waals surface area contributed by atoms with Crippen molar-refractivity contribution in [3.8, 4) is 0 Å². The number of phosphoric acid groups is 1. The number of nitrogens with zero attached hydrogens (tertiary/aromatic N) is 1. The summed E-state index contributed by atoms with van der Waals surface area (Å²) >= 11 is 0. The van der Waals surface area contributed by atoms with Gasteiger partial charge < -0.3 is 19.0 Å². The van der Waals surface area contributed by atoms with Crippen LogP contribution in [0, 0.1) is 0 Å². The Morgan fingerprint density at radius 3 is 2.00 bits per heavy atom. The third kappa shape index (κ3) is 16.7. The van der Waals surface area contributed by atoms with Crippen LogP contribution < -0.4 is 0 Å². The highest BCUT2D eigenvalue weighted by atomic mass is 31.2. The number of carbonyl (C=O) groups is 1. The molecular formula is C18H37NO6P+. The first-order chi connectivity index (χ1) is 11.9. The molecule has 0 radical (unpaired) electrons. The topological polar surface area (TPSA) is 93.1 Å². The van der Waals surface area contributed by atoms with Crippen molar-refractivity contribution in [1.29, 1.82) is 0 Å². The zero-order valence-electron chi connectivity index (χ0n) is 16.8. The third-order valence-electron chi connectivity index (χ3n) is 3.79. The maximum atomic E-state index is 11.2. The molecule has 2 N–H and O–H groups in total. The number of phosphoric ester groups is 1. The summed E-state index contributed by atoms with van der Waals surface area (Å²) in [7, 11) is 1.48. The van der Waals surface area contributed by atoms with Crippen LogP contribution in [-0.4, -0.2) is 60.6 Å². The Kier molecular flexibility index (Phi) is 12.3. The summed E-state index contributed by atoms with van der Waals surface area (Å²) in [4.78, 5) is 29.3. The number of quaternary nitrogens is 1. The van der Waals surface area contributed by atoms with Gasteiger partial charge in [0.05, 0.1) is 27.7 Å². The summed E-state index contributed by atoms with van der Waals surface area (Å²) in [6, 6.07) is 0. The van der Waals surface area contributed by atoms with E-state index in [4.69, 9.17) is 19.0 Å². The number of ether oxygens (including phenoxy) is 1. The van der Waals surface area contributed by atoms with Crippen molar-refractivity contribution in [2.24, 2.45) is 0 Å². The fourth-order valence-corrected chi connectivity index (χ4v) is 3.19. The van der Waals surface area contributed by atoms with E-state index >= 15 is 0 Å². The number of rotatable bonds is 15. The van der Waals surface area contributed by atoms with Crippen molar-refractivity contribution in [1.82, 2.24) is 0 Å². The smallest absolute Gasteiger partial charge is 0.462 e. The molecule has 0 saturated carbocycles. The molecule has 0 aromatic rings. The van der Waals surface area contributed by atoms with Gasteiger partial charge in [-0.2, -0.15) is 0 Å². The fourth-order valence-electron chi connectivity index (χ4n) is 2.63. The molecule has 0 fully saturated rings. The van der Waals surface area contributed by atoms with E-state index in [2.05, 4.69) is 6.58 Å². The van der Waals surface area contributed by atoms with E-state index in [-0.39, 0.29) is 5.97 Å². The Hall–Kier alpha value is -0.720. The third-order valence-corrected chi connectivity index (χ3v) is 4.36. The number of esters is 1. The Balaban J connectivity index is 3.76. The van der Waals surface area contributed by atoms with Crippen LogP contribution in [0.15, 0.2) is 12.2 Å². The quantitative estimate of drug-likeness (QED) is 0.145. The lowest BCUT2D eigenvalue weighted by atomic mass is 10.1. The zero-order chi connectivity index (χ0) is 20.2. The average molecular weight is 394 g/mol. The van der Waals surface area contributed by atoms with Crippen molar-refractivity contribution in [3.05, 3.63) is 12.2 Å². The van der Waals surface area contributed by atoms with Gasteiger partial charge in [0, 0.05) is 5.57 Å². The molecule has 1 unspecified atom stereocenters. The molecule has 0 heterocycles. The summed E-state index contributed by atoms with van der Waals surface area (Å²) < 4.78 is 21.7. The maximum absolute atomic E-state index is 11.2. The van der Waals surface area contributed by atoms with Gasteiger partial charge in [-0.15, -0.1) is 0 Å². The van der Waals surface area contributed by atoms with Crippen molar-refractivity contribution >= 4 is 13.8 Å². The first-order valence-corrected chi connectivity index (χ1v) is 10.8. The predicted octanol–water partition coefficient (Wildman–Crippen LogP) is 3.41. The molecule has 0 aliphatic heterocycles. The van der Waals surface area contributed by atoms with Gasteiger partial charge in [0.2, 0.25) is 0 Å². The van der Waals surface area contributed by atoms with Crippen molar-refractivity contribution in [2.45, 2.75) is 64.4 Å². The largest absolute Gasteiger partial charge is 0.470 e. The van der Waals surface area contributed by atoms with Crippen LogP contribution in [0.2, 0.25) is 0 Å². The molecule has 0 amide bonds. The molecule has 0 aliphatic rings. The van der Waals surface area contributed by atoms with E-state index in [9.17, 15) is 9.36 Å². The van der Waals surface area contributed by atoms with Crippen LogP contribution in [0.5, 0.6) is 0 Å². The van der Waals surface area contributed by atoms with Gasteiger partial charge in [-0.3, -0.25) is 4.52 Å². The SMILES string of the molecule is C=C(C)C(=O)OCCCCCCCCCC(C[N+](C)(C)C)OP(=O)(O)O. The van der Waals surface area contributed by atoms with E-state index < -0.39 is 13.9 Å². The minimum Gasteiger partial charge on any atom is -0.462 e. The van der Waals surface area contributed by atoms with Gasteiger partial charge >= 0.3 is 13.8 Å². The predicted molar refractivity (Wildman–Crippen MR) is 103 cm³/mol. The van der Waals surface area contributed by atoms with Crippen LogP contribution >= 0.6 is 7.82 Å². The first-order valence-electron chi connectivity index (χ1n) is 9.28. The molecule has 0 saturated heterocycles. The highest BCUT2D eigenvalue weighted by molar-refractivity contribution is 7.46. The highest BCUT2D eigenvalue weighted by Gasteiger charge is 2.26. The Morgan fingerprint density at radius 2 is 1.54 bits per heavy atom. The second-order valence-corrected chi connectivity index (χ2v) is 9.06. The number of hydrogen-bond donors (Lipinski definition) is 2. The van der Waals surface area contributed by atoms with Gasteiger partial charge in [0.15, 0.2) is 0 Å². The van der Waals surface area contributed by atoms with Gasteiger partial charge in [-0.25, -0.2) is 9.36 Å². The van der Waals surface area contributed by atoms with E-state index in [1.165, 1.54) is 0 Å². The molecule has 0 aliphatic carbocycles. The van der Waals surface area contributed by atoms with Crippen LogP contribution in [-0.2, 0) is 18.6 Å². The fraction of sp³-hybridized carbons (Fsp3) is 0.833. The van der Waals surface area contributed by atoms with Crippen molar-refractivity contribution in [2.75, 3.05) is 34.3 Å². The van der Waals surface area contributed by atoms with Crippen LogP contribution in [0.4, 0.5) is 0 Å². The van der Waals surface area contributed by atoms with Crippen molar-refractivity contribution < 1.29 is 32.9 Å². The summed E-state index contributed by atoms with van der Waals surface area (Å²) in [5, 5.41) is 0. The molecule has 8 heteroatoms. The van der Waals surface area contributed by atoms with E-state index in [0.717, 1.165) is 44.9 Å². The molecular weight excluding hydrogens is 357 g/mol. The van der Waals surface area contributed by atoms with Crippen LogP contribution in [0.25, 0.3) is 0 Å². The molecule has 0 aromatic heterocycles. The Labute approximate surface area is 158 Å². The zero-order valence-corrected chi connectivity index (χ0v) is 17.7. The van der Waals surface area contributed by atoms with E-state index in [1.54, 1.807) is 6.92 Å². The maximum Gasteiger partial charge on any atom is 0.470 e. The molecule has 0 bridgehead atoms. The molecule has 0 rings (SSSR count). The first kappa shape index (κ1) is 25.3. The normalized spacial score (nSPS) is 13.5. The monoisotopic (exact) mass is 394 g/mol. The number of likely N-dealkylation sites (N-methyl/N-ethyl adjacent to an activating group) is 1. The molecule has 1 atom stereocenters. The minimum absolute atomic E-state index is 0.328. The summed E-state index contributed by atoms with van der Waals surface area (Å²) in [5.41, 5.74) is 0.427. The van der Waals surface area contributed by atoms with Gasteiger partial charge in [0.25, 0.3) is 0 Å². The molecule has 154 valence electrons. The Morgan fingerprint density at radius 1 is 1.04 bits per heavy atom. The number of unbranched alkanes of at least 4 members (excludes halogenated alkanes) is 6. The van der Waals surface area contributed by atoms with Gasteiger partial charge in [0.1, 0.15) is 12.6 Å².